The lowest BCUT2D eigenvalue weighted by atomic mass is 10.2. The van der Waals surface area contributed by atoms with Crippen molar-refractivity contribution < 1.29 is 22.3 Å². The minimum absolute atomic E-state index is 0.0284. The van der Waals surface area contributed by atoms with Crippen molar-refractivity contribution in [2.24, 2.45) is 0 Å². The van der Waals surface area contributed by atoms with Crippen LogP contribution in [0.15, 0.2) is 30.3 Å². The molecule has 20 heavy (non-hydrogen) atoms. The largest absolute Gasteiger partial charge is 0.437 e. The molecule has 0 bridgehead atoms. The van der Waals surface area contributed by atoms with Crippen molar-refractivity contribution in [1.82, 2.24) is 4.98 Å². The third kappa shape index (κ3) is 3.30. The molecule has 0 unspecified atom stereocenters. The molecule has 0 atom stereocenters. The van der Waals surface area contributed by atoms with Crippen molar-refractivity contribution in [3.8, 4) is 11.6 Å². The fourth-order valence-electron chi connectivity index (χ4n) is 1.41. The highest BCUT2D eigenvalue weighted by Gasteiger charge is 2.31. The van der Waals surface area contributed by atoms with E-state index in [2.05, 4.69) is 4.98 Å². The van der Waals surface area contributed by atoms with Crippen LogP contribution in [0.3, 0.4) is 0 Å². The van der Waals surface area contributed by atoms with Gasteiger partial charge in [-0.25, -0.2) is 4.39 Å². The summed E-state index contributed by atoms with van der Waals surface area (Å²) >= 11 is 5.70. The van der Waals surface area contributed by atoms with Gasteiger partial charge in [0.2, 0.25) is 5.88 Å². The molecule has 0 aliphatic carbocycles. The van der Waals surface area contributed by atoms with E-state index in [-0.39, 0.29) is 22.5 Å². The Morgan fingerprint density at radius 2 is 1.85 bits per heavy atom. The lowest BCUT2D eigenvalue weighted by molar-refractivity contribution is -0.137. The zero-order chi connectivity index (χ0) is 14.9. The van der Waals surface area contributed by atoms with E-state index >= 15 is 0 Å². The van der Waals surface area contributed by atoms with Gasteiger partial charge in [-0.2, -0.15) is 18.2 Å². The normalized spacial score (nSPS) is 11.4. The van der Waals surface area contributed by atoms with E-state index in [1.807, 2.05) is 0 Å². The van der Waals surface area contributed by atoms with Crippen LogP contribution < -0.4 is 10.5 Å². The smallest absolute Gasteiger partial charge is 0.416 e. The van der Waals surface area contributed by atoms with Crippen LogP contribution in [0.5, 0.6) is 11.6 Å². The first-order chi connectivity index (χ1) is 9.25. The highest BCUT2D eigenvalue weighted by molar-refractivity contribution is 6.32. The summed E-state index contributed by atoms with van der Waals surface area (Å²) in [6.07, 6.45) is -4.58. The van der Waals surface area contributed by atoms with Gasteiger partial charge in [0.1, 0.15) is 17.4 Å². The Balaban J connectivity index is 2.36. The Bertz CT molecular complexity index is 646. The number of pyridine rings is 1. The Labute approximate surface area is 115 Å². The molecule has 0 aliphatic rings. The van der Waals surface area contributed by atoms with Crippen LogP contribution in [0.4, 0.5) is 23.4 Å². The van der Waals surface area contributed by atoms with Gasteiger partial charge in [0.05, 0.1) is 10.6 Å². The standard InChI is InChI=1S/C12H7ClF4N2O/c13-8-5-7(14)1-2-9(8)20-11-4-6(12(15,16)17)3-10(18)19-11/h1-5H,(H2,18,19). The van der Waals surface area contributed by atoms with Crippen molar-refractivity contribution in [2.75, 3.05) is 5.73 Å². The molecule has 0 amide bonds. The number of aromatic nitrogens is 1. The average molecular weight is 307 g/mol. The second-order valence-electron chi connectivity index (χ2n) is 3.79. The van der Waals surface area contributed by atoms with Gasteiger partial charge in [0.15, 0.2) is 0 Å². The van der Waals surface area contributed by atoms with Crippen LogP contribution in [-0.4, -0.2) is 4.98 Å². The predicted molar refractivity (Wildman–Crippen MR) is 65.1 cm³/mol. The summed E-state index contributed by atoms with van der Waals surface area (Å²) in [6, 6.07) is 4.55. The van der Waals surface area contributed by atoms with Crippen molar-refractivity contribution in [3.05, 3.63) is 46.7 Å². The maximum absolute atomic E-state index is 12.8. The molecule has 0 saturated heterocycles. The Kier molecular flexibility index (Phi) is 3.71. The molecule has 2 aromatic rings. The molecule has 0 saturated carbocycles. The molecule has 1 aromatic heterocycles. The summed E-state index contributed by atoms with van der Waals surface area (Å²) in [5, 5.41) is -0.0946. The number of benzene rings is 1. The van der Waals surface area contributed by atoms with E-state index in [0.29, 0.717) is 12.1 Å². The second-order valence-corrected chi connectivity index (χ2v) is 4.20. The number of hydrogen-bond donors (Lipinski definition) is 1. The molecule has 0 spiro atoms. The fraction of sp³-hybridized carbons (Fsp3) is 0.0833. The zero-order valence-electron chi connectivity index (χ0n) is 9.71. The Morgan fingerprint density at radius 3 is 2.45 bits per heavy atom. The quantitative estimate of drug-likeness (QED) is 0.843. The predicted octanol–water partition coefficient (Wildman–Crippen LogP) is 4.27. The van der Waals surface area contributed by atoms with Crippen LogP contribution in [0.1, 0.15) is 5.56 Å². The molecule has 2 N–H and O–H groups in total. The minimum Gasteiger partial charge on any atom is -0.437 e. The van der Waals surface area contributed by atoms with Gasteiger partial charge in [0, 0.05) is 6.07 Å². The Hall–Kier alpha value is -2.02. The summed E-state index contributed by atoms with van der Waals surface area (Å²) in [4.78, 5) is 3.61. The van der Waals surface area contributed by atoms with Gasteiger partial charge in [-0.15, -0.1) is 0 Å². The van der Waals surface area contributed by atoms with Gasteiger partial charge >= 0.3 is 6.18 Å². The molecule has 0 fully saturated rings. The van der Waals surface area contributed by atoms with Gasteiger partial charge in [-0.05, 0) is 24.3 Å². The van der Waals surface area contributed by atoms with Crippen LogP contribution >= 0.6 is 11.6 Å². The first-order valence-corrected chi connectivity index (χ1v) is 5.61. The van der Waals surface area contributed by atoms with Crippen LogP contribution in [-0.2, 0) is 6.18 Å². The van der Waals surface area contributed by atoms with Gasteiger partial charge in [-0.1, -0.05) is 11.6 Å². The topological polar surface area (TPSA) is 48.1 Å². The SMILES string of the molecule is Nc1cc(C(F)(F)F)cc(Oc2ccc(F)cc2Cl)n1. The average Bonchev–Trinajstić information content (AvgIpc) is 2.31. The maximum Gasteiger partial charge on any atom is 0.416 e. The van der Waals surface area contributed by atoms with Gasteiger partial charge < -0.3 is 10.5 Å². The second kappa shape index (κ2) is 5.16. The molecule has 8 heteroatoms. The van der Waals surface area contributed by atoms with E-state index in [0.717, 1.165) is 12.1 Å². The number of anilines is 1. The first kappa shape index (κ1) is 14.4. The number of rotatable bonds is 2. The summed E-state index contributed by atoms with van der Waals surface area (Å²) in [5.41, 5.74) is 4.29. The van der Waals surface area contributed by atoms with E-state index in [1.54, 1.807) is 0 Å². The summed E-state index contributed by atoms with van der Waals surface area (Å²) in [5.74, 6) is -1.36. The molecule has 2 rings (SSSR count). The van der Waals surface area contributed by atoms with E-state index < -0.39 is 17.6 Å². The van der Waals surface area contributed by atoms with Crippen molar-refractivity contribution in [1.29, 1.82) is 0 Å². The first-order valence-electron chi connectivity index (χ1n) is 5.23. The lowest BCUT2D eigenvalue weighted by Gasteiger charge is -2.11. The van der Waals surface area contributed by atoms with E-state index in [1.165, 1.54) is 6.07 Å². The number of halogens is 5. The number of nitrogen functional groups attached to an aromatic ring is 1. The van der Waals surface area contributed by atoms with Crippen LogP contribution in [0.2, 0.25) is 5.02 Å². The highest BCUT2D eigenvalue weighted by Crippen LogP contribution is 2.34. The molecule has 3 nitrogen and oxygen atoms in total. The van der Waals surface area contributed by atoms with Crippen LogP contribution in [0, 0.1) is 5.82 Å². The number of nitrogens with zero attached hydrogens (tertiary/aromatic N) is 1. The summed E-state index contributed by atoms with van der Waals surface area (Å²) in [7, 11) is 0. The lowest BCUT2D eigenvalue weighted by Crippen LogP contribution is -2.07. The molecule has 1 aromatic carbocycles. The summed E-state index contributed by atoms with van der Waals surface area (Å²) in [6.45, 7) is 0. The third-order valence-electron chi connectivity index (χ3n) is 2.26. The fourth-order valence-corrected chi connectivity index (χ4v) is 1.62. The molecule has 1 heterocycles. The molecule has 106 valence electrons. The highest BCUT2D eigenvalue weighted by atomic mass is 35.5. The number of ether oxygens (including phenoxy) is 1. The van der Waals surface area contributed by atoms with E-state index in [4.69, 9.17) is 22.1 Å². The van der Waals surface area contributed by atoms with Crippen LogP contribution in [0.25, 0.3) is 0 Å². The van der Waals surface area contributed by atoms with E-state index in [9.17, 15) is 17.6 Å². The number of nitrogens with two attached hydrogens (primary N) is 1. The zero-order valence-corrected chi connectivity index (χ0v) is 10.5. The summed E-state index contributed by atoms with van der Waals surface area (Å²) < 4.78 is 55.8. The monoisotopic (exact) mass is 306 g/mol. The molecule has 0 radical (unpaired) electrons. The maximum atomic E-state index is 12.8. The molecular formula is C12H7ClF4N2O. The molecule has 0 aliphatic heterocycles. The van der Waals surface area contributed by atoms with Crippen molar-refractivity contribution >= 4 is 17.4 Å². The van der Waals surface area contributed by atoms with Gasteiger partial charge in [-0.3, -0.25) is 0 Å². The van der Waals surface area contributed by atoms with Crippen molar-refractivity contribution in [3.63, 3.8) is 0 Å². The number of alkyl halides is 3. The van der Waals surface area contributed by atoms with Crippen molar-refractivity contribution in [2.45, 2.75) is 6.18 Å². The minimum atomic E-state index is -4.58. The molecular weight excluding hydrogens is 300 g/mol. The third-order valence-corrected chi connectivity index (χ3v) is 2.55. The Morgan fingerprint density at radius 1 is 1.15 bits per heavy atom. The van der Waals surface area contributed by atoms with Gasteiger partial charge in [0.25, 0.3) is 0 Å². The number of hydrogen-bond acceptors (Lipinski definition) is 3.